The number of phenols is 1. The number of hydrogen-bond acceptors (Lipinski definition) is 3. The van der Waals surface area contributed by atoms with Gasteiger partial charge in [-0.2, -0.15) is 0 Å². The zero-order valence-corrected chi connectivity index (χ0v) is 11.6. The first-order chi connectivity index (χ1) is 10.00. The number of fused-ring (bicyclic) bond motifs is 1. The molecular weight excluding hydrogens is 291 g/mol. The minimum Gasteiger partial charge on any atom is -0.507 e. The van der Waals surface area contributed by atoms with Crippen LogP contribution in [0.1, 0.15) is 0 Å². The lowest BCUT2D eigenvalue weighted by Gasteiger charge is -2.10. The number of phenolic OH excluding ortho intramolecular Hbond substituents is 1. The number of hydrogen-bond donors (Lipinski definition) is 1. The van der Waals surface area contributed by atoms with Crippen molar-refractivity contribution >= 4 is 20.6 Å². The standard InChI is InChI=1S/C16H11FO3S/c17-12-6-8-13(9-7-12)21(19,20)16-14-4-2-1-3-11(14)5-10-15(16)18/h1-10,18H. The summed E-state index contributed by atoms with van der Waals surface area (Å²) in [6.07, 6.45) is 0. The van der Waals surface area contributed by atoms with Crippen molar-refractivity contribution < 1.29 is 17.9 Å². The maximum atomic E-state index is 13.0. The fraction of sp³-hybridized carbons (Fsp3) is 0. The van der Waals surface area contributed by atoms with Gasteiger partial charge in [-0.1, -0.05) is 30.3 Å². The summed E-state index contributed by atoms with van der Waals surface area (Å²) in [7, 11) is -3.93. The smallest absolute Gasteiger partial charge is 0.210 e. The van der Waals surface area contributed by atoms with E-state index in [1.54, 1.807) is 30.3 Å². The maximum absolute atomic E-state index is 13.0. The van der Waals surface area contributed by atoms with Crippen molar-refractivity contribution in [1.29, 1.82) is 0 Å². The number of aromatic hydroxyl groups is 1. The lowest BCUT2D eigenvalue weighted by molar-refractivity contribution is 0.460. The normalized spacial score (nSPS) is 11.7. The monoisotopic (exact) mass is 302 g/mol. The van der Waals surface area contributed by atoms with Gasteiger partial charge in [0, 0.05) is 5.39 Å². The fourth-order valence-corrected chi connectivity index (χ4v) is 3.79. The van der Waals surface area contributed by atoms with Gasteiger partial charge in [-0.25, -0.2) is 12.8 Å². The summed E-state index contributed by atoms with van der Waals surface area (Å²) in [5, 5.41) is 11.1. The molecule has 1 N–H and O–H groups in total. The summed E-state index contributed by atoms with van der Waals surface area (Å²) in [6.45, 7) is 0. The Morgan fingerprint density at radius 2 is 1.52 bits per heavy atom. The topological polar surface area (TPSA) is 54.4 Å². The van der Waals surface area contributed by atoms with Crippen LogP contribution in [0.3, 0.4) is 0 Å². The highest BCUT2D eigenvalue weighted by Gasteiger charge is 2.24. The van der Waals surface area contributed by atoms with E-state index < -0.39 is 15.7 Å². The molecule has 3 aromatic rings. The van der Waals surface area contributed by atoms with E-state index in [0.717, 1.165) is 12.1 Å². The Hall–Kier alpha value is -2.40. The molecule has 0 saturated heterocycles. The zero-order chi connectivity index (χ0) is 15.0. The predicted molar refractivity (Wildman–Crippen MR) is 77.5 cm³/mol. The second-order valence-electron chi connectivity index (χ2n) is 4.59. The van der Waals surface area contributed by atoms with E-state index in [-0.39, 0.29) is 15.5 Å². The van der Waals surface area contributed by atoms with E-state index in [1.807, 2.05) is 0 Å². The summed E-state index contributed by atoms with van der Waals surface area (Å²) >= 11 is 0. The van der Waals surface area contributed by atoms with Gasteiger partial charge in [-0.05, 0) is 35.7 Å². The Kier molecular flexibility index (Phi) is 3.14. The van der Waals surface area contributed by atoms with Gasteiger partial charge in [0.25, 0.3) is 0 Å². The second kappa shape index (κ2) is 4.86. The van der Waals surface area contributed by atoms with E-state index in [2.05, 4.69) is 0 Å². The van der Waals surface area contributed by atoms with Crippen LogP contribution in [0.4, 0.5) is 4.39 Å². The number of rotatable bonds is 2. The van der Waals surface area contributed by atoms with Crippen LogP contribution in [-0.4, -0.2) is 13.5 Å². The van der Waals surface area contributed by atoms with Gasteiger partial charge in [0.15, 0.2) is 0 Å². The predicted octanol–water partition coefficient (Wildman–Crippen LogP) is 3.52. The van der Waals surface area contributed by atoms with Crippen LogP contribution >= 0.6 is 0 Å². The van der Waals surface area contributed by atoms with Crippen LogP contribution in [0.15, 0.2) is 70.5 Å². The quantitative estimate of drug-likeness (QED) is 0.737. The average molecular weight is 302 g/mol. The van der Waals surface area contributed by atoms with Gasteiger partial charge in [-0.15, -0.1) is 0 Å². The first kappa shape index (κ1) is 13.6. The van der Waals surface area contributed by atoms with Crippen LogP contribution < -0.4 is 0 Å². The van der Waals surface area contributed by atoms with Crippen molar-refractivity contribution in [3.05, 3.63) is 66.5 Å². The molecule has 0 radical (unpaired) electrons. The highest BCUT2D eigenvalue weighted by atomic mass is 32.2. The molecule has 21 heavy (non-hydrogen) atoms. The molecule has 0 bridgehead atoms. The third-order valence-corrected chi connectivity index (χ3v) is 5.11. The Morgan fingerprint density at radius 3 is 2.24 bits per heavy atom. The molecule has 5 heteroatoms. The number of halogens is 1. The summed E-state index contributed by atoms with van der Waals surface area (Å²) in [5.74, 6) is -0.839. The number of benzene rings is 3. The zero-order valence-electron chi connectivity index (χ0n) is 10.8. The molecule has 0 unspecified atom stereocenters. The summed E-state index contributed by atoms with van der Waals surface area (Å²) < 4.78 is 38.4. The van der Waals surface area contributed by atoms with Crippen LogP contribution in [0.25, 0.3) is 10.8 Å². The first-order valence-corrected chi connectivity index (χ1v) is 7.70. The average Bonchev–Trinajstić information content (AvgIpc) is 2.47. The minimum atomic E-state index is -3.93. The van der Waals surface area contributed by atoms with Crippen LogP contribution in [-0.2, 0) is 9.84 Å². The molecule has 0 amide bonds. The third-order valence-electron chi connectivity index (χ3n) is 3.25. The van der Waals surface area contributed by atoms with Crippen molar-refractivity contribution in [1.82, 2.24) is 0 Å². The molecule has 0 heterocycles. The van der Waals surface area contributed by atoms with E-state index in [9.17, 15) is 17.9 Å². The van der Waals surface area contributed by atoms with E-state index >= 15 is 0 Å². The molecule has 3 nitrogen and oxygen atoms in total. The minimum absolute atomic E-state index is 0.0597. The maximum Gasteiger partial charge on any atom is 0.210 e. The van der Waals surface area contributed by atoms with Crippen molar-refractivity contribution in [2.24, 2.45) is 0 Å². The Morgan fingerprint density at radius 1 is 0.857 bits per heavy atom. The summed E-state index contributed by atoms with van der Waals surface area (Å²) in [6, 6.07) is 14.4. The van der Waals surface area contributed by atoms with Gasteiger partial charge in [0.05, 0.1) is 4.90 Å². The highest BCUT2D eigenvalue weighted by molar-refractivity contribution is 7.91. The van der Waals surface area contributed by atoms with Gasteiger partial charge >= 0.3 is 0 Å². The molecule has 0 saturated carbocycles. The van der Waals surface area contributed by atoms with Crippen LogP contribution in [0.5, 0.6) is 5.75 Å². The molecule has 0 aliphatic carbocycles. The lowest BCUT2D eigenvalue weighted by Crippen LogP contribution is -2.03. The molecule has 0 aromatic heterocycles. The summed E-state index contributed by atoms with van der Waals surface area (Å²) in [5.41, 5.74) is 0. The Bertz CT molecular complexity index is 916. The van der Waals surface area contributed by atoms with Crippen LogP contribution in [0.2, 0.25) is 0 Å². The molecule has 3 aromatic carbocycles. The second-order valence-corrected chi connectivity index (χ2v) is 6.48. The van der Waals surface area contributed by atoms with Gasteiger partial charge in [0.2, 0.25) is 9.84 Å². The van der Waals surface area contributed by atoms with Gasteiger partial charge < -0.3 is 5.11 Å². The SMILES string of the molecule is O=S(=O)(c1ccc(F)cc1)c1c(O)ccc2ccccc12. The van der Waals surface area contributed by atoms with Crippen molar-refractivity contribution in [3.63, 3.8) is 0 Å². The largest absolute Gasteiger partial charge is 0.507 e. The Labute approximate surface area is 121 Å². The molecule has 3 rings (SSSR count). The molecule has 0 fully saturated rings. The van der Waals surface area contributed by atoms with Crippen LogP contribution in [0, 0.1) is 5.82 Å². The van der Waals surface area contributed by atoms with Crippen molar-refractivity contribution in [2.75, 3.05) is 0 Å². The molecule has 0 spiro atoms. The molecule has 0 atom stereocenters. The fourth-order valence-electron chi connectivity index (χ4n) is 2.25. The molecular formula is C16H11FO3S. The number of sulfone groups is 1. The van der Waals surface area contributed by atoms with Crippen molar-refractivity contribution in [2.45, 2.75) is 9.79 Å². The molecule has 0 aliphatic rings. The lowest BCUT2D eigenvalue weighted by atomic mass is 10.1. The van der Waals surface area contributed by atoms with E-state index in [4.69, 9.17) is 0 Å². The van der Waals surface area contributed by atoms with Gasteiger partial charge in [0.1, 0.15) is 16.5 Å². The van der Waals surface area contributed by atoms with Gasteiger partial charge in [-0.3, -0.25) is 0 Å². The highest BCUT2D eigenvalue weighted by Crippen LogP contribution is 2.35. The molecule has 106 valence electrons. The third kappa shape index (κ3) is 2.25. The van der Waals surface area contributed by atoms with Crippen molar-refractivity contribution in [3.8, 4) is 5.75 Å². The molecule has 0 aliphatic heterocycles. The first-order valence-electron chi connectivity index (χ1n) is 6.21. The summed E-state index contributed by atoms with van der Waals surface area (Å²) in [4.78, 5) is -0.220. The Balaban J connectivity index is 2.33. The van der Waals surface area contributed by atoms with E-state index in [1.165, 1.54) is 18.2 Å². The van der Waals surface area contributed by atoms with E-state index in [0.29, 0.717) is 10.8 Å².